The van der Waals surface area contributed by atoms with Crippen LogP contribution in [0, 0.1) is 5.95 Å². The van der Waals surface area contributed by atoms with E-state index in [1.165, 1.54) is 24.4 Å². The zero-order valence-electron chi connectivity index (χ0n) is 10.2. The summed E-state index contributed by atoms with van der Waals surface area (Å²) >= 11 is 0. The first kappa shape index (κ1) is 12.1. The maximum atomic E-state index is 13.0. The van der Waals surface area contributed by atoms with Gasteiger partial charge in [0.1, 0.15) is 12.0 Å². The van der Waals surface area contributed by atoms with E-state index in [2.05, 4.69) is 15.1 Å². The van der Waals surface area contributed by atoms with Gasteiger partial charge in [-0.25, -0.2) is 4.98 Å². The zero-order valence-corrected chi connectivity index (χ0v) is 10.2. The number of hydrogen-bond acceptors (Lipinski definition) is 6. The maximum Gasteiger partial charge on any atom is 0.222 e. The molecule has 0 aromatic carbocycles. The Kier molecular flexibility index (Phi) is 3.00. The normalized spacial score (nSPS) is 10.4. The zero-order chi connectivity index (χ0) is 13.9. The molecule has 3 aromatic rings. The monoisotopic (exact) mass is 272 g/mol. The van der Waals surface area contributed by atoms with Gasteiger partial charge in [-0.05, 0) is 18.2 Å². The molecular formula is C13H9FN4O2. The molecule has 0 aliphatic carbocycles. The van der Waals surface area contributed by atoms with E-state index in [0.717, 1.165) is 0 Å². The highest BCUT2D eigenvalue weighted by atomic mass is 19.1. The number of pyridine rings is 2. The number of aromatic nitrogens is 3. The molecule has 3 heterocycles. The van der Waals surface area contributed by atoms with Crippen LogP contribution in [0.15, 0.2) is 47.2 Å². The van der Waals surface area contributed by atoms with Gasteiger partial charge >= 0.3 is 0 Å². The van der Waals surface area contributed by atoms with Crippen LogP contribution in [-0.4, -0.2) is 15.1 Å². The lowest BCUT2D eigenvalue weighted by Crippen LogP contribution is -1.94. The van der Waals surface area contributed by atoms with Crippen LogP contribution in [0.3, 0.4) is 0 Å². The van der Waals surface area contributed by atoms with Gasteiger partial charge in [0.25, 0.3) is 0 Å². The second-order valence-electron chi connectivity index (χ2n) is 3.86. The Bertz CT molecular complexity index is 744. The van der Waals surface area contributed by atoms with Crippen molar-refractivity contribution >= 4 is 5.82 Å². The van der Waals surface area contributed by atoms with Gasteiger partial charge in [-0.2, -0.15) is 9.37 Å². The highest BCUT2D eigenvalue weighted by Crippen LogP contribution is 2.34. The summed E-state index contributed by atoms with van der Waals surface area (Å²) in [5.74, 6) is 0.323. The predicted molar refractivity (Wildman–Crippen MR) is 68.4 cm³/mol. The predicted octanol–water partition coefficient (Wildman–Crippen LogP) is 2.65. The number of hydrogen-bond donors (Lipinski definition) is 1. The first-order chi connectivity index (χ1) is 9.74. The fraction of sp³-hybridized carbons (Fsp3) is 0. The lowest BCUT2D eigenvalue weighted by molar-refractivity contribution is 0.417. The van der Waals surface area contributed by atoms with Gasteiger partial charge in [-0.15, -0.1) is 0 Å². The van der Waals surface area contributed by atoms with Crippen molar-refractivity contribution in [2.24, 2.45) is 0 Å². The highest BCUT2D eigenvalue weighted by molar-refractivity contribution is 5.73. The van der Waals surface area contributed by atoms with Gasteiger partial charge in [-0.1, -0.05) is 11.2 Å². The Morgan fingerprint density at radius 1 is 1.20 bits per heavy atom. The number of anilines is 1. The number of halogens is 1. The maximum absolute atomic E-state index is 13.0. The van der Waals surface area contributed by atoms with Gasteiger partial charge in [0, 0.05) is 12.3 Å². The lowest BCUT2D eigenvalue weighted by Gasteiger charge is -2.05. The Labute approximate surface area is 113 Å². The van der Waals surface area contributed by atoms with Crippen LogP contribution in [0.5, 0.6) is 11.6 Å². The van der Waals surface area contributed by atoms with E-state index in [0.29, 0.717) is 11.3 Å². The molecule has 0 saturated carbocycles. The Morgan fingerprint density at radius 2 is 2.10 bits per heavy atom. The fourth-order valence-electron chi connectivity index (χ4n) is 1.65. The van der Waals surface area contributed by atoms with Crippen molar-refractivity contribution in [2.75, 3.05) is 5.73 Å². The topological polar surface area (TPSA) is 87.1 Å². The molecule has 7 heteroatoms. The molecular weight excluding hydrogens is 263 g/mol. The largest absolute Gasteiger partial charge is 0.433 e. The summed E-state index contributed by atoms with van der Waals surface area (Å²) in [6.07, 6.45) is 2.91. The van der Waals surface area contributed by atoms with E-state index in [9.17, 15) is 4.39 Å². The summed E-state index contributed by atoms with van der Waals surface area (Å²) < 4.78 is 23.6. The Morgan fingerprint density at radius 3 is 2.90 bits per heavy atom. The highest BCUT2D eigenvalue weighted by Gasteiger charge is 2.16. The molecule has 0 spiro atoms. The average Bonchev–Trinajstić information content (AvgIpc) is 2.87. The summed E-state index contributed by atoms with van der Waals surface area (Å²) in [4.78, 5) is 7.56. The number of nitrogens with zero attached hydrogens (tertiary/aromatic N) is 3. The summed E-state index contributed by atoms with van der Waals surface area (Å²) in [6.45, 7) is 0. The fourth-order valence-corrected chi connectivity index (χ4v) is 1.65. The molecule has 2 N–H and O–H groups in total. The van der Waals surface area contributed by atoms with Crippen molar-refractivity contribution in [1.29, 1.82) is 0 Å². The lowest BCUT2D eigenvalue weighted by atomic mass is 10.2. The van der Waals surface area contributed by atoms with Crippen LogP contribution >= 0.6 is 0 Å². The molecule has 0 saturated heterocycles. The minimum Gasteiger partial charge on any atom is -0.433 e. The van der Waals surface area contributed by atoms with Gasteiger partial charge in [0.05, 0.1) is 5.56 Å². The number of nitrogen functional groups attached to an aromatic ring is 1. The van der Waals surface area contributed by atoms with Crippen LogP contribution in [0.25, 0.3) is 11.3 Å². The molecule has 0 radical (unpaired) electrons. The molecule has 0 aliphatic rings. The second kappa shape index (κ2) is 4.96. The third-order valence-corrected chi connectivity index (χ3v) is 2.52. The SMILES string of the molecule is Nc1ncccc1-c1oncc1Oc1cccc(F)n1. The molecule has 3 aromatic heterocycles. The molecule has 6 nitrogen and oxygen atoms in total. The van der Waals surface area contributed by atoms with E-state index in [1.807, 2.05) is 0 Å². The molecule has 0 aliphatic heterocycles. The van der Waals surface area contributed by atoms with Crippen molar-refractivity contribution < 1.29 is 13.7 Å². The average molecular weight is 272 g/mol. The van der Waals surface area contributed by atoms with Crippen LogP contribution in [0.2, 0.25) is 0 Å². The van der Waals surface area contributed by atoms with Gasteiger partial charge in [0.15, 0.2) is 5.75 Å². The summed E-state index contributed by atoms with van der Waals surface area (Å²) in [7, 11) is 0. The van der Waals surface area contributed by atoms with Crippen molar-refractivity contribution in [3.63, 3.8) is 0 Å². The molecule has 100 valence electrons. The summed E-state index contributed by atoms with van der Waals surface area (Å²) in [5.41, 5.74) is 6.31. The van der Waals surface area contributed by atoms with Gasteiger partial charge in [-0.3, -0.25) is 0 Å². The Balaban J connectivity index is 1.97. The minimum atomic E-state index is -0.638. The van der Waals surface area contributed by atoms with E-state index in [1.54, 1.807) is 18.3 Å². The molecule has 0 atom stereocenters. The van der Waals surface area contributed by atoms with Crippen LogP contribution in [-0.2, 0) is 0 Å². The van der Waals surface area contributed by atoms with E-state index in [-0.39, 0.29) is 17.4 Å². The van der Waals surface area contributed by atoms with E-state index in [4.69, 9.17) is 15.0 Å². The smallest absolute Gasteiger partial charge is 0.222 e. The van der Waals surface area contributed by atoms with Crippen LogP contribution in [0.1, 0.15) is 0 Å². The summed E-state index contributed by atoms with van der Waals surface area (Å²) in [5, 5.41) is 3.65. The van der Waals surface area contributed by atoms with Crippen LogP contribution in [0.4, 0.5) is 10.2 Å². The first-order valence-electron chi connectivity index (χ1n) is 5.70. The standard InChI is InChI=1S/C13H9FN4O2/c14-10-4-1-5-11(18-10)19-9-7-17-20-12(9)8-3-2-6-16-13(8)15/h1-7H,(H2,15,16). The molecule has 0 fully saturated rings. The van der Waals surface area contributed by atoms with Crippen molar-refractivity contribution in [2.45, 2.75) is 0 Å². The number of nitrogens with two attached hydrogens (primary N) is 1. The van der Waals surface area contributed by atoms with Crippen molar-refractivity contribution in [3.05, 3.63) is 48.7 Å². The number of ether oxygens (including phenoxy) is 1. The third kappa shape index (κ3) is 2.28. The molecule has 20 heavy (non-hydrogen) atoms. The molecule has 3 rings (SSSR count). The number of rotatable bonds is 3. The first-order valence-corrected chi connectivity index (χ1v) is 5.70. The third-order valence-electron chi connectivity index (χ3n) is 2.52. The van der Waals surface area contributed by atoms with Crippen molar-refractivity contribution in [3.8, 4) is 23.0 Å². The van der Waals surface area contributed by atoms with E-state index >= 15 is 0 Å². The van der Waals surface area contributed by atoms with Crippen molar-refractivity contribution in [1.82, 2.24) is 15.1 Å². The minimum absolute atomic E-state index is 0.0944. The molecule has 0 unspecified atom stereocenters. The van der Waals surface area contributed by atoms with Gasteiger partial charge in [0.2, 0.25) is 17.6 Å². The quantitative estimate of drug-likeness (QED) is 0.737. The molecule has 0 amide bonds. The van der Waals surface area contributed by atoms with Gasteiger partial charge < -0.3 is 15.0 Å². The van der Waals surface area contributed by atoms with E-state index < -0.39 is 5.95 Å². The second-order valence-corrected chi connectivity index (χ2v) is 3.86. The Hall–Kier alpha value is -2.96. The van der Waals surface area contributed by atoms with Crippen LogP contribution < -0.4 is 10.5 Å². The summed E-state index contributed by atoms with van der Waals surface area (Å²) in [6, 6.07) is 7.66. The molecule has 0 bridgehead atoms.